The SMILES string of the molecule is Nc1c(-c2nc3ccc(C(=O)N[C@@H]4CN5CCC4CC5)cc3[nH]2)c(=O)[nH]c2cccc(F)c12. The van der Waals surface area contributed by atoms with Crippen molar-refractivity contribution in [2.75, 3.05) is 25.4 Å². The molecule has 3 saturated heterocycles. The fourth-order valence-electron chi connectivity index (χ4n) is 5.22. The second-order valence-corrected chi connectivity index (χ2v) is 8.94. The van der Waals surface area contributed by atoms with Gasteiger partial charge in [-0.1, -0.05) is 6.07 Å². The maximum atomic E-state index is 14.4. The summed E-state index contributed by atoms with van der Waals surface area (Å²) in [6.07, 6.45) is 2.24. The molecule has 8 nitrogen and oxygen atoms in total. The van der Waals surface area contributed by atoms with Crippen molar-refractivity contribution in [3.8, 4) is 11.4 Å². The highest BCUT2D eigenvalue weighted by atomic mass is 19.1. The van der Waals surface area contributed by atoms with E-state index in [1.54, 1.807) is 24.3 Å². The Kier molecular flexibility index (Phi) is 4.48. The number of amides is 1. The summed E-state index contributed by atoms with van der Waals surface area (Å²) in [5, 5.41) is 3.33. The van der Waals surface area contributed by atoms with Gasteiger partial charge in [0.25, 0.3) is 11.5 Å². The third-order valence-electron chi connectivity index (χ3n) is 6.98. The summed E-state index contributed by atoms with van der Waals surface area (Å²) in [6.45, 7) is 3.12. The number of nitrogens with zero attached hydrogens (tertiary/aromatic N) is 2. The molecule has 3 aliphatic heterocycles. The maximum absolute atomic E-state index is 14.4. The van der Waals surface area contributed by atoms with Gasteiger partial charge in [-0.25, -0.2) is 9.37 Å². The van der Waals surface area contributed by atoms with Crippen molar-refractivity contribution in [2.45, 2.75) is 18.9 Å². The first-order valence-corrected chi connectivity index (χ1v) is 11.1. The number of fused-ring (bicyclic) bond motifs is 5. The van der Waals surface area contributed by atoms with Crippen LogP contribution in [0, 0.1) is 11.7 Å². The molecular formula is C24H23FN6O2. The van der Waals surface area contributed by atoms with Crippen LogP contribution in [0.1, 0.15) is 23.2 Å². The zero-order chi connectivity index (χ0) is 22.7. The van der Waals surface area contributed by atoms with E-state index in [4.69, 9.17) is 5.73 Å². The zero-order valence-corrected chi connectivity index (χ0v) is 17.8. The molecule has 1 atom stereocenters. The molecule has 5 N–H and O–H groups in total. The van der Waals surface area contributed by atoms with E-state index >= 15 is 0 Å². The number of nitrogen functional groups attached to an aromatic ring is 1. The molecule has 0 unspecified atom stereocenters. The van der Waals surface area contributed by atoms with Crippen LogP contribution in [0.3, 0.4) is 0 Å². The number of anilines is 1. The number of hydrogen-bond donors (Lipinski definition) is 4. The average Bonchev–Trinajstić information content (AvgIpc) is 3.22. The minimum absolute atomic E-state index is 0.0197. The Bertz CT molecular complexity index is 1470. The van der Waals surface area contributed by atoms with E-state index in [1.807, 2.05) is 0 Å². The van der Waals surface area contributed by atoms with Crippen molar-refractivity contribution in [3.05, 3.63) is 58.1 Å². The summed E-state index contributed by atoms with van der Waals surface area (Å²) in [5.41, 5.74) is 7.84. The second kappa shape index (κ2) is 7.41. The van der Waals surface area contributed by atoms with Gasteiger partial charge in [0, 0.05) is 18.2 Å². The zero-order valence-electron chi connectivity index (χ0n) is 17.8. The molecule has 3 fully saturated rings. The number of halogens is 1. The van der Waals surface area contributed by atoms with E-state index in [2.05, 4.69) is 25.2 Å². The smallest absolute Gasteiger partial charge is 0.261 e. The Morgan fingerprint density at radius 1 is 1.15 bits per heavy atom. The molecule has 9 heteroatoms. The molecule has 3 aliphatic rings. The topological polar surface area (TPSA) is 120 Å². The molecule has 0 saturated carbocycles. The van der Waals surface area contributed by atoms with Crippen LogP contribution in [0.2, 0.25) is 0 Å². The van der Waals surface area contributed by atoms with Crippen LogP contribution < -0.4 is 16.6 Å². The normalized spacial score (nSPS) is 22.2. The number of nitrogens with two attached hydrogens (primary N) is 1. The summed E-state index contributed by atoms with van der Waals surface area (Å²) in [6, 6.07) is 9.73. The quantitative estimate of drug-likeness (QED) is 0.386. The lowest BCUT2D eigenvalue weighted by Crippen LogP contribution is -2.57. The largest absolute Gasteiger partial charge is 0.397 e. The maximum Gasteiger partial charge on any atom is 0.261 e. The first-order valence-electron chi connectivity index (χ1n) is 11.1. The number of aromatic amines is 2. The number of hydrogen-bond acceptors (Lipinski definition) is 5. The highest BCUT2D eigenvalue weighted by molar-refractivity contribution is 6.00. The monoisotopic (exact) mass is 446 g/mol. The number of benzene rings is 2. The van der Waals surface area contributed by atoms with E-state index in [0.717, 1.165) is 32.5 Å². The lowest BCUT2D eigenvalue weighted by molar-refractivity contribution is 0.0620. The summed E-state index contributed by atoms with van der Waals surface area (Å²) < 4.78 is 14.4. The molecule has 0 aliphatic carbocycles. The summed E-state index contributed by atoms with van der Waals surface area (Å²) in [7, 11) is 0. The molecule has 2 aromatic carbocycles. The fourth-order valence-corrected chi connectivity index (χ4v) is 5.22. The van der Waals surface area contributed by atoms with E-state index in [0.29, 0.717) is 28.0 Å². The van der Waals surface area contributed by atoms with Crippen LogP contribution in [0.15, 0.2) is 41.2 Å². The minimum Gasteiger partial charge on any atom is -0.397 e. The van der Waals surface area contributed by atoms with Gasteiger partial charge in [0.15, 0.2) is 0 Å². The summed E-state index contributed by atoms with van der Waals surface area (Å²) in [4.78, 5) is 38.3. The Morgan fingerprint density at radius 2 is 1.97 bits per heavy atom. The second-order valence-electron chi connectivity index (χ2n) is 8.94. The van der Waals surface area contributed by atoms with Gasteiger partial charge in [0.05, 0.1) is 27.6 Å². The molecule has 168 valence electrons. The van der Waals surface area contributed by atoms with Gasteiger partial charge in [0.2, 0.25) is 0 Å². The van der Waals surface area contributed by atoms with Crippen molar-refractivity contribution in [1.82, 2.24) is 25.2 Å². The number of piperidine rings is 3. The van der Waals surface area contributed by atoms with Gasteiger partial charge in [-0.2, -0.15) is 0 Å². The highest BCUT2D eigenvalue weighted by Crippen LogP contribution is 2.30. The van der Waals surface area contributed by atoms with E-state index in [9.17, 15) is 14.0 Å². The third kappa shape index (κ3) is 3.27. The minimum atomic E-state index is -0.523. The van der Waals surface area contributed by atoms with Crippen LogP contribution in [0.4, 0.5) is 10.1 Å². The van der Waals surface area contributed by atoms with Crippen molar-refractivity contribution >= 4 is 33.5 Å². The molecule has 5 heterocycles. The molecule has 2 bridgehead atoms. The van der Waals surface area contributed by atoms with E-state index in [-0.39, 0.29) is 34.4 Å². The van der Waals surface area contributed by atoms with Crippen LogP contribution >= 0.6 is 0 Å². The Labute approximate surface area is 188 Å². The van der Waals surface area contributed by atoms with Crippen molar-refractivity contribution in [1.29, 1.82) is 0 Å². The number of H-pyrrole nitrogens is 2. The summed E-state index contributed by atoms with van der Waals surface area (Å²) in [5.74, 6) is 0.107. The summed E-state index contributed by atoms with van der Waals surface area (Å²) >= 11 is 0. The number of rotatable bonds is 3. The van der Waals surface area contributed by atoms with Gasteiger partial charge >= 0.3 is 0 Å². The molecule has 7 rings (SSSR count). The van der Waals surface area contributed by atoms with Gasteiger partial charge in [-0.05, 0) is 62.2 Å². The standard InChI is InChI=1S/C24H23FN6O2/c25-14-2-1-3-16-19(14)21(26)20(24(33)29-16)22-27-15-5-4-13(10-17(15)28-22)23(32)30-18-11-31-8-6-12(18)7-9-31/h1-5,10,12,18H,6-9,11H2,(H,27,28)(H,30,32)(H3,26,29,33)/t18-/m1/s1. The number of pyridine rings is 1. The van der Waals surface area contributed by atoms with Gasteiger partial charge in [-0.15, -0.1) is 0 Å². The molecule has 0 spiro atoms. The van der Waals surface area contributed by atoms with E-state index < -0.39 is 11.4 Å². The van der Waals surface area contributed by atoms with E-state index in [1.165, 1.54) is 12.1 Å². The van der Waals surface area contributed by atoms with Gasteiger partial charge < -0.3 is 25.9 Å². The molecule has 2 aromatic heterocycles. The fraction of sp³-hybridized carbons (Fsp3) is 0.292. The Hall–Kier alpha value is -3.72. The number of nitrogens with one attached hydrogen (secondary N) is 3. The van der Waals surface area contributed by atoms with Crippen LogP contribution in [-0.4, -0.2) is 51.4 Å². The van der Waals surface area contributed by atoms with Crippen LogP contribution in [-0.2, 0) is 0 Å². The predicted molar refractivity (Wildman–Crippen MR) is 124 cm³/mol. The number of carbonyl (C=O) groups is 1. The first-order chi connectivity index (χ1) is 16.0. The molecule has 4 aromatic rings. The number of carbonyl (C=O) groups excluding carboxylic acids is 1. The lowest BCUT2D eigenvalue weighted by atomic mass is 9.84. The lowest BCUT2D eigenvalue weighted by Gasteiger charge is -2.44. The van der Waals surface area contributed by atoms with Gasteiger partial charge in [0.1, 0.15) is 17.2 Å². The molecular weight excluding hydrogens is 423 g/mol. The van der Waals surface area contributed by atoms with Crippen molar-refractivity contribution in [3.63, 3.8) is 0 Å². The highest BCUT2D eigenvalue weighted by Gasteiger charge is 2.35. The Balaban J connectivity index is 1.34. The Morgan fingerprint density at radius 3 is 2.73 bits per heavy atom. The predicted octanol–water partition coefficient (Wildman–Crippen LogP) is 2.62. The number of imidazole rings is 1. The number of aromatic nitrogens is 3. The first kappa shape index (κ1) is 19.9. The van der Waals surface area contributed by atoms with Crippen LogP contribution in [0.25, 0.3) is 33.3 Å². The van der Waals surface area contributed by atoms with Crippen LogP contribution in [0.5, 0.6) is 0 Å². The van der Waals surface area contributed by atoms with Crippen molar-refractivity contribution in [2.24, 2.45) is 5.92 Å². The van der Waals surface area contributed by atoms with Crippen molar-refractivity contribution < 1.29 is 9.18 Å². The molecule has 33 heavy (non-hydrogen) atoms. The average molecular weight is 446 g/mol. The molecule has 1 amide bonds. The third-order valence-corrected chi connectivity index (χ3v) is 6.98. The van der Waals surface area contributed by atoms with Gasteiger partial charge in [-0.3, -0.25) is 9.59 Å². The molecule has 0 radical (unpaired) electrons.